The number of methoxy groups -OCH3 is 1. The normalized spacial score (nSPS) is 16.5. The molecule has 1 saturated heterocycles. The van der Waals surface area contributed by atoms with Crippen molar-refractivity contribution in [1.82, 2.24) is 20.1 Å². The number of nitrogens with zero attached hydrogens (tertiary/aromatic N) is 3. The van der Waals surface area contributed by atoms with Crippen LogP contribution in [0, 0.1) is 6.92 Å². The molecule has 1 aliphatic rings. The van der Waals surface area contributed by atoms with E-state index in [-0.39, 0.29) is 18.4 Å². The number of aromatic nitrogens is 3. The number of nitrogens with one attached hydrogen (secondary N) is 1. The minimum Gasteiger partial charge on any atom is -0.493 e. The number of hydrogen-bond donors (Lipinski definition) is 2. The summed E-state index contributed by atoms with van der Waals surface area (Å²) in [5.74, 6) is 1.85. The first-order valence-corrected chi connectivity index (χ1v) is 9.21. The van der Waals surface area contributed by atoms with Crippen molar-refractivity contribution in [3.8, 4) is 11.5 Å². The van der Waals surface area contributed by atoms with Gasteiger partial charge in [0.05, 0.1) is 12.5 Å². The molecule has 3 aromatic rings. The van der Waals surface area contributed by atoms with Gasteiger partial charge in [0.25, 0.3) is 5.91 Å². The molecule has 0 saturated carbocycles. The number of nitrogen functional groups attached to an aromatic ring is 1. The maximum atomic E-state index is 12.6. The van der Waals surface area contributed by atoms with E-state index in [9.17, 15) is 4.79 Å². The molecule has 1 aromatic carbocycles. The predicted octanol–water partition coefficient (Wildman–Crippen LogP) is 2.25. The van der Waals surface area contributed by atoms with Crippen LogP contribution in [0.25, 0.3) is 11.0 Å². The van der Waals surface area contributed by atoms with E-state index in [2.05, 4.69) is 15.2 Å². The van der Waals surface area contributed by atoms with Crippen LogP contribution in [-0.4, -0.2) is 52.8 Å². The Hall–Kier alpha value is -3.29. The molecule has 1 amide bonds. The lowest BCUT2D eigenvalue weighted by Gasteiger charge is -2.17. The zero-order chi connectivity index (χ0) is 19.7. The Morgan fingerprint density at radius 2 is 2.18 bits per heavy atom. The average Bonchev–Trinajstić information content (AvgIpc) is 3.34. The summed E-state index contributed by atoms with van der Waals surface area (Å²) in [5, 5.41) is 7.67. The quantitative estimate of drug-likeness (QED) is 0.702. The number of aryl methyl sites for hydroxylation is 1. The highest BCUT2D eigenvalue weighted by Crippen LogP contribution is 2.30. The number of anilines is 1. The zero-order valence-electron chi connectivity index (χ0n) is 15.9. The molecule has 8 nitrogen and oxygen atoms in total. The number of carbonyl (C=O) groups is 1. The number of benzene rings is 1. The van der Waals surface area contributed by atoms with Gasteiger partial charge in [-0.3, -0.25) is 9.89 Å². The van der Waals surface area contributed by atoms with Crippen molar-refractivity contribution < 1.29 is 14.3 Å². The van der Waals surface area contributed by atoms with Gasteiger partial charge in [0, 0.05) is 24.7 Å². The largest absolute Gasteiger partial charge is 0.493 e. The van der Waals surface area contributed by atoms with Crippen molar-refractivity contribution in [1.29, 1.82) is 0 Å². The minimum absolute atomic E-state index is 0.0193. The molecule has 146 valence electrons. The summed E-state index contributed by atoms with van der Waals surface area (Å²) in [6, 6.07) is 9.52. The number of carbonyl (C=O) groups excluding carboxylic acids is 1. The third-order valence-corrected chi connectivity index (χ3v) is 5.10. The van der Waals surface area contributed by atoms with Gasteiger partial charge >= 0.3 is 0 Å². The van der Waals surface area contributed by atoms with Gasteiger partial charge in [0.15, 0.2) is 23.8 Å². The Morgan fingerprint density at radius 1 is 1.32 bits per heavy atom. The molecule has 1 unspecified atom stereocenters. The molecule has 3 heterocycles. The zero-order valence-corrected chi connectivity index (χ0v) is 15.9. The maximum Gasteiger partial charge on any atom is 0.260 e. The number of likely N-dealkylation sites (tertiary alicyclic amines) is 1. The molecule has 0 bridgehead atoms. The second-order valence-corrected chi connectivity index (χ2v) is 7.01. The number of hydrogen-bond acceptors (Lipinski definition) is 6. The summed E-state index contributed by atoms with van der Waals surface area (Å²) < 4.78 is 11.0. The Labute approximate surface area is 162 Å². The number of nitrogens with two attached hydrogens (primary N) is 1. The van der Waals surface area contributed by atoms with Crippen molar-refractivity contribution >= 4 is 22.8 Å². The SMILES string of the molecule is COc1cc(C)ccc1OCC(=O)N1CCC(c2ccc3c(N)[nH]nc3n2)C1. The van der Waals surface area contributed by atoms with Crippen LogP contribution in [0.1, 0.15) is 23.6 Å². The highest BCUT2D eigenvalue weighted by molar-refractivity contribution is 5.85. The molecule has 1 aliphatic heterocycles. The van der Waals surface area contributed by atoms with Gasteiger partial charge in [-0.25, -0.2) is 4.98 Å². The fourth-order valence-electron chi connectivity index (χ4n) is 3.51. The topological polar surface area (TPSA) is 106 Å². The Bertz CT molecular complexity index is 1020. The highest BCUT2D eigenvalue weighted by Gasteiger charge is 2.29. The van der Waals surface area contributed by atoms with Crippen LogP contribution < -0.4 is 15.2 Å². The number of H-pyrrole nitrogens is 1. The third-order valence-electron chi connectivity index (χ3n) is 5.10. The van der Waals surface area contributed by atoms with Gasteiger partial charge < -0.3 is 20.1 Å². The van der Waals surface area contributed by atoms with Gasteiger partial charge in [-0.1, -0.05) is 6.07 Å². The van der Waals surface area contributed by atoms with E-state index in [1.807, 2.05) is 42.2 Å². The molecule has 1 atom stereocenters. The second kappa shape index (κ2) is 7.38. The van der Waals surface area contributed by atoms with Crippen LogP contribution in [-0.2, 0) is 4.79 Å². The van der Waals surface area contributed by atoms with E-state index >= 15 is 0 Å². The maximum absolute atomic E-state index is 12.6. The first kappa shape index (κ1) is 18.1. The summed E-state index contributed by atoms with van der Waals surface area (Å²) in [7, 11) is 1.59. The van der Waals surface area contributed by atoms with E-state index < -0.39 is 0 Å². The van der Waals surface area contributed by atoms with Gasteiger partial charge in [0.2, 0.25) is 0 Å². The lowest BCUT2D eigenvalue weighted by molar-refractivity contribution is -0.132. The van der Waals surface area contributed by atoms with Gasteiger partial charge in [-0.05, 0) is 43.2 Å². The highest BCUT2D eigenvalue weighted by atomic mass is 16.5. The van der Waals surface area contributed by atoms with Crippen LogP contribution in [0.3, 0.4) is 0 Å². The number of amides is 1. The summed E-state index contributed by atoms with van der Waals surface area (Å²) >= 11 is 0. The van der Waals surface area contributed by atoms with Crippen LogP contribution in [0.2, 0.25) is 0 Å². The lowest BCUT2D eigenvalue weighted by Crippen LogP contribution is -2.33. The molecular formula is C20H23N5O3. The number of pyridine rings is 1. The Balaban J connectivity index is 1.38. The predicted molar refractivity (Wildman–Crippen MR) is 105 cm³/mol. The average molecular weight is 381 g/mol. The minimum atomic E-state index is -0.0461. The van der Waals surface area contributed by atoms with Gasteiger partial charge in [-0.2, -0.15) is 5.10 Å². The van der Waals surface area contributed by atoms with Gasteiger partial charge in [-0.15, -0.1) is 0 Å². The molecule has 8 heteroatoms. The van der Waals surface area contributed by atoms with Crippen molar-refractivity contribution in [2.45, 2.75) is 19.3 Å². The fourth-order valence-corrected chi connectivity index (χ4v) is 3.51. The van der Waals surface area contributed by atoms with Crippen molar-refractivity contribution in [2.24, 2.45) is 0 Å². The lowest BCUT2D eigenvalue weighted by atomic mass is 10.0. The van der Waals surface area contributed by atoms with E-state index in [0.717, 1.165) is 23.1 Å². The molecule has 1 fully saturated rings. The molecule has 2 aromatic heterocycles. The summed E-state index contributed by atoms with van der Waals surface area (Å²) in [6.07, 6.45) is 0.859. The Morgan fingerprint density at radius 3 is 3.00 bits per heavy atom. The van der Waals surface area contributed by atoms with E-state index in [4.69, 9.17) is 15.2 Å². The van der Waals surface area contributed by atoms with Crippen LogP contribution in [0.5, 0.6) is 11.5 Å². The van der Waals surface area contributed by atoms with Crippen LogP contribution in [0.15, 0.2) is 30.3 Å². The monoisotopic (exact) mass is 381 g/mol. The molecule has 3 N–H and O–H groups in total. The molecule has 4 rings (SSSR count). The van der Waals surface area contributed by atoms with Crippen molar-refractivity contribution in [2.75, 3.05) is 32.5 Å². The summed E-state index contributed by atoms with van der Waals surface area (Å²) in [4.78, 5) is 19.0. The van der Waals surface area contributed by atoms with Crippen molar-refractivity contribution in [3.05, 3.63) is 41.6 Å². The molecule has 0 spiro atoms. The standard InChI is InChI=1S/C20H23N5O3/c1-12-3-6-16(17(9-12)27-2)28-11-18(26)25-8-7-13(10-25)15-5-4-14-19(21)23-24-20(14)22-15/h3-6,9,13H,7-8,10-11H2,1-2H3,(H3,21,22,23,24). The smallest absolute Gasteiger partial charge is 0.260 e. The Kier molecular flexibility index (Phi) is 4.77. The summed E-state index contributed by atoms with van der Waals surface area (Å²) in [6.45, 7) is 3.25. The van der Waals surface area contributed by atoms with Crippen LogP contribution in [0.4, 0.5) is 5.82 Å². The number of rotatable bonds is 5. The second-order valence-electron chi connectivity index (χ2n) is 7.01. The fraction of sp³-hybridized carbons (Fsp3) is 0.350. The van der Waals surface area contributed by atoms with Crippen LogP contribution >= 0.6 is 0 Å². The van der Waals surface area contributed by atoms with E-state index in [0.29, 0.717) is 36.1 Å². The summed E-state index contributed by atoms with van der Waals surface area (Å²) in [5.41, 5.74) is 8.42. The first-order valence-electron chi connectivity index (χ1n) is 9.21. The van der Waals surface area contributed by atoms with Gasteiger partial charge in [0.1, 0.15) is 5.82 Å². The molecular weight excluding hydrogens is 358 g/mol. The first-order chi connectivity index (χ1) is 13.5. The molecule has 0 aliphatic carbocycles. The molecule has 28 heavy (non-hydrogen) atoms. The van der Waals surface area contributed by atoms with E-state index in [1.54, 1.807) is 7.11 Å². The van der Waals surface area contributed by atoms with Crippen molar-refractivity contribution in [3.63, 3.8) is 0 Å². The third kappa shape index (κ3) is 3.45. The van der Waals surface area contributed by atoms with E-state index in [1.165, 1.54) is 0 Å². The molecule has 0 radical (unpaired) electrons. The number of ether oxygens (including phenoxy) is 2. The number of aromatic amines is 1. The number of fused-ring (bicyclic) bond motifs is 1.